The Balaban J connectivity index is 2.62. The van der Waals surface area contributed by atoms with Crippen LogP contribution in [0.15, 0.2) is 5.16 Å². The van der Waals surface area contributed by atoms with Gasteiger partial charge in [-0.15, -0.1) is 0 Å². The third-order valence-electron chi connectivity index (χ3n) is 1.54. The SMILES string of the molecule is CCCCSc1nc(Cl)nc(NC)n1. The summed E-state index contributed by atoms with van der Waals surface area (Å²) in [5, 5.41) is 3.76. The van der Waals surface area contributed by atoms with Crippen LogP contribution in [0.2, 0.25) is 5.28 Å². The van der Waals surface area contributed by atoms with E-state index in [9.17, 15) is 0 Å². The zero-order valence-corrected chi connectivity index (χ0v) is 9.82. The lowest BCUT2D eigenvalue weighted by Gasteiger charge is -2.02. The molecule has 78 valence electrons. The van der Waals surface area contributed by atoms with E-state index < -0.39 is 0 Å². The number of unbranched alkanes of at least 4 members (excludes halogenated alkanes) is 1. The van der Waals surface area contributed by atoms with Gasteiger partial charge >= 0.3 is 0 Å². The van der Waals surface area contributed by atoms with Crippen molar-refractivity contribution in [3.63, 3.8) is 0 Å². The summed E-state index contributed by atoms with van der Waals surface area (Å²) < 4.78 is 0. The predicted molar refractivity (Wildman–Crippen MR) is 60.0 cm³/mol. The average Bonchev–Trinajstić information content (AvgIpc) is 2.17. The number of anilines is 1. The molecule has 0 spiro atoms. The van der Waals surface area contributed by atoms with Crippen LogP contribution >= 0.6 is 23.4 Å². The zero-order chi connectivity index (χ0) is 10.4. The zero-order valence-electron chi connectivity index (χ0n) is 8.25. The maximum Gasteiger partial charge on any atom is 0.228 e. The lowest BCUT2D eigenvalue weighted by Crippen LogP contribution is -2.00. The van der Waals surface area contributed by atoms with Crippen LogP contribution in [0.3, 0.4) is 0 Å². The molecule has 14 heavy (non-hydrogen) atoms. The van der Waals surface area contributed by atoms with E-state index in [0.29, 0.717) is 11.1 Å². The van der Waals surface area contributed by atoms with Crippen molar-refractivity contribution < 1.29 is 0 Å². The number of aromatic nitrogens is 3. The first-order valence-electron chi connectivity index (χ1n) is 4.48. The summed E-state index contributed by atoms with van der Waals surface area (Å²) in [5.41, 5.74) is 0. The van der Waals surface area contributed by atoms with Gasteiger partial charge in [0.15, 0.2) is 5.16 Å². The lowest BCUT2D eigenvalue weighted by atomic mass is 10.4. The molecule has 0 atom stereocenters. The molecule has 1 heterocycles. The first kappa shape index (κ1) is 11.5. The molecule has 0 saturated heterocycles. The summed E-state index contributed by atoms with van der Waals surface area (Å²) in [6.45, 7) is 2.15. The molecule has 0 aliphatic carbocycles. The molecule has 0 amide bonds. The quantitative estimate of drug-likeness (QED) is 0.624. The van der Waals surface area contributed by atoms with Gasteiger partial charge in [-0.3, -0.25) is 0 Å². The molecule has 4 nitrogen and oxygen atoms in total. The maximum atomic E-state index is 5.73. The molecule has 6 heteroatoms. The van der Waals surface area contributed by atoms with Gasteiger partial charge in [0, 0.05) is 12.8 Å². The van der Waals surface area contributed by atoms with Crippen LogP contribution in [0.25, 0.3) is 0 Å². The highest BCUT2D eigenvalue weighted by Gasteiger charge is 2.03. The Kier molecular flexibility index (Phi) is 4.97. The van der Waals surface area contributed by atoms with Crippen LogP contribution in [-0.4, -0.2) is 27.8 Å². The van der Waals surface area contributed by atoms with Gasteiger partial charge in [0.25, 0.3) is 0 Å². The fraction of sp³-hybridized carbons (Fsp3) is 0.625. The highest BCUT2D eigenvalue weighted by molar-refractivity contribution is 7.99. The lowest BCUT2D eigenvalue weighted by molar-refractivity contribution is 0.878. The first-order chi connectivity index (χ1) is 6.76. The Bertz CT molecular complexity index is 295. The molecule has 0 saturated carbocycles. The van der Waals surface area contributed by atoms with E-state index in [1.54, 1.807) is 18.8 Å². The second-order valence-electron chi connectivity index (χ2n) is 2.66. The normalized spacial score (nSPS) is 10.2. The Morgan fingerprint density at radius 3 is 2.79 bits per heavy atom. The number of halogens is 1. The minimum atomic E-state index is 0.239. The van der Waals surface area contributed by atoms with E-state index >= 15 is 0 Å². The minimum Gasteiger partial charge on any atom is -0.357 e. The maximum absolute atomic E-state index is 5.73. The minimum absolute atomic E-state index is 0.239. The average molecular weight is 233 g/mol. The van der Waals surface area contributed by atoms with Crippen molar-refractivity contribution in [1.82, 2.24) is 15.0 Å². The molecule has 0 aliphatic heterocycles. The molecule has 0 aromatic carbocycles. The summed E-state index contributed by atoms with van der Waals surface area (Å²) in [6.07, 6.45) is 2.33. The third-order valence-corrected chi connectivity index (χ3v) is 2.64. The Morgan fingerprint density at radius 2 is 2.14 bits per heavy atom. The predicted octanol–water partition coefficient (Wildman–Crippen LogP) is 2.46. The van der Waals surface area contributed by atoms with E-state index in [2.05, 4.69) is 27.2 Å². The summed E-state index contributed by atoms with van der Waals surface area (Å²) in [6, 6.07) is 0. The number of thioether (sulfide) groups is 1. The highest BCUT2D eigenvalue weighted by atomic mass is 35.5. The van der Waals surface area contributed by atoms with E-state index in [4.69, 9.17) is 11.6 Å². The van der Waals surface area contributed by atoms with Crippen LogP contribution in [0, 0.1) is 0 Å². The number of nitrogens with one attached hydrogen (secondary N) is 1. The van der Waals surface area contributed by atoms with Gasteiger partial charge in [-0.2, -0.15) is 15.0 Å². The fourth-order valence-electron chi connectivity index (χ4n) is 0.816. The number of hydrogen-bond donors (Lipinski definition) is 1. The van der Waals surface area contributed by atoms with Crippen molar-refractivity contribution in [1.29, 1.82) is 0 Å². The molecular formula is C8H13ClN4S. The molecular weight excluding hydrogens is 220 g/mol. The topological polar surface area (TPSA) is 50.7 Å². The number of rotatable bonds is 5. The molecule has 0 bridgehead atoms. The van der Waals surface area contributed by atoms with Gasteiger partial charge in [0.05, 0.1) is 0 Å². The number of hydrogen-bond acceptors (Lipinski definition) is 5. The van der Waals surface area contributed by atoms with Crippen LogP contribution in [0.5, 0.6) is 0 Å². The monoisotopic (exact) mass is 232 g/mol. The summed E-state index contributed by atoms with van der Waals surface area (Å²) in [7, 11) is 1.76. The van der Waals surface area contributed by atoms with Gasteiger partial charge in [-0.25, -0.2) is 0 Å². The van der Waals surface area contributed by atoms with Crippen molar-refractivity contribution in [2.75, 3.05) is 18.1 Å². The summed E-state index contributed by atoms with van der Waals surface area (Å²) in [5.74, 6) is 1.53. The van der Waals surface area contributed by atoms with Crippen molar-refractivity contribution in [2.24, 2.45) is 0 Å². The van der Waals surface area contributed by atoms with Gasteiger partial charge in [-0.05, 0) is 18.0 Å². The van der Waals surface area contributed by atoms with Gasteiger partial charge in [0.2, 0.25) is 11.2 Å². The van der Waals surface area contributed by atoms with Crippen LogP contribution < -0.4 is 5.32 Å². The van der Waals surface area contributed by atoms with E-state index in [-0.39, 0.29) is 5.28 Å². The second-order valence-corrected chi connectivity index (χ2v) is 4.06. The Morgan fingerprint density at radius 1 is 1.36 bits per heavy atom. The summed E-state index contributed by atoms with van der Waals surface area (Å²) in [4.78, 5) is 12.1. The fourth-order valence-corrected chi connectivity index (χ4v) is 1.94. The van der Waals surface area contributed by atoms with Crippen LogP contribution in [-0.2, 0) is 0 Å². The first-order valence-corrected chi connectivity index (χ1v) is 5.84. The van der Waals surface area contributed by atoms with Gasteiger partial charge in [0.1, 0.15) is 0 Å². The Labute approximate surface area is 92.9 Å². The van der Waals surface area contributed by atoms with Crippen molar-refractivity contribution >= 4 is 29.3 Å². The third kappa shape index (κ3) is 3.67. The molecule has 0 unspecified atom stereocenters. The van der Waals surface area contributed by atoms with Crippen molar-refractivity contribution in [3.05, 3.63) is 5.28 Å². The van der Waals surface area contributed by atoms with Crippen LogP contribution in [0.4, 0.5) is 5.95 Å². The van der Waals surface area contributed by atoms with E-state index in [0.717, 1.165) is 12.2 Å². The standard InChI is InChI=1S/C8H13ClN4S/c1-3-4-5-14-8-12-6(9)11-7(10-2)13-8/h3-5H2,1-2H3,(H,10,11,12,13). The molecule has 0 fully saturated rings. The van der Waals surface area contributed by atoms with Crippen molar-refractivity contribution in [3.8, 4) is 0 Å². The van der Waals surface area contributed by atoms with E-state index in [1.807, 2.05) is 0 Å². The van der Waals surface area contributed by atoms with Crippen LogP contribution in [0.1, 0.15) is 19.8 Å². The number of nitrogens with zero attached hydrogens (tertiary/aromatic N) is 3. The molecule has 0 radical (unpaired) electrons. The molecule has 1 N–H and O–H groups in total. The molecule has 1 aromatic heterocycles. The highest BCUT2D eigenvalue weighted by Crippen LogP contribution is 2.17. The molecule has 0 aliphatic rings. The van der Waals surface area contributed by atoms with Gasteiger partial charge in [-0.1, -0.05) is 25.1 Å². The second kappa shape index (κ2) is 6.03. The Hall–Kier alpha value is -0.550. The largest absolute Gasteiger partial charge is 0.357 e. The van der Waals surface area contributed by atoms with Gasteiger partial charge < -0.3 is 5.32 Å². The van der Waals surface area contributed by atoms with E-state index in [1.165, 1.54) is 6.42 Å². The molecule has 1 rings (SSSR count). The smallest absolute Gasteiger partial charge is 0.228 e. The molecule has 1 aromatic rings. The van der Waals surface area contributed by atoms with Crippen molar-refractivity contribution in [2.45, 2.75) is 24.9 Å². The summed E-state index contributed by atoms with van der Waals surface area (Å²) >= 11 is 7.33.